The Morgan fingerprint density at radius 1 is 1.15 bits per heavy atom. The monoisotopic (exact) mass is 283 g/mol. The molecule has 0 atom stereocenters. The van der Waals surface area contributed by atoms with Crippen molar-refractivity contribution in [3.05, 3.63) is 0 Å². The molecule has 118 valence electrons. The predicted octanol–water partition coefficient (Wildman–Crippen LogP) is 1.55. The van der Waals surface area contributed by atoms with E-state index in [4.69, 9.17) is 10.5 Å². The number of hydrogen-bond acceptors (Lipinski definition) is 4. The molecule has 2 fully saturated rings. The Morgan fingerprint density at radius 2 is 1.80 bits per heavy atom. The molecule has 2 saturated heterocycles. The first kappa shape index (κ1) is 16.2. The van der Waals surface area contributed by atoms with Crippen LogP contribution in [0.25, 0.3) is 0 Å². The SMILES string of the molecule is CC(C)CN1CCC(CN)(N2CCOC(C)(C)C2)CC1. The zero-order valence-electron chi connectivity index (χ0n) is 13.8. The summed E-state index contributed by atoms with van der Waals surface area (Å²) >= 11 is 0. The molecule has 2 aliphatic rings. The predicted molar refractivity (Wildman–Crippen MR) is 83.9 cm³/mol. The second kappa shape index (κ2) is 6.30. The number of hydrogen-bond donors (Lipinski definition) is 1. The van der Waals surface area contributed by atoms with Gasteiger partial charge in [0.25, 0.3) is 0 Å². The van der Waals surface area contributed by atoms with Crippen molar-refractivity contribution >= 4 is 0 Å². The van der Waals surface area contributed by atoms with Crippen molar-refractivity contribution in [3.63, 3.8) is 0 Å². The average molecular weight is 283 g/mol. The first-order chi connectivity index (χ1) is 9.37. The van der Waals surface area contributed by atoms with E-state index < -0.39 is 0 Å². The van der Waals surface area contributed by atoms with E-state index in [1.165, 1.54) is 32.5 Å². The van der Waals surface area contributed by atoms with Crippen molar-refractivity contribution < 1.29 is 4.74 Å². The van der Waals surface area contributed by atoms with Crippen LogP contribution in [0.5, 0.6) is 0 Å². The normalized spacial score (nSPS) is 27.9. The number of nitrogens with zero attached hydrogens (tertiary/aromatic N) is 2. The van der Waals surface area contributed by atoms with Crippen molar-refractivity contribution in [2.45, 2.75) is 51.7 Å². The summed E-state index contributed by atoms with van der Waals surface area (Å²) in [6.07, 6.45) is 2.40. The second-order valence-corrected chi connectivity index (χ2v) is 7.65. The van der Waals surface area contributed by atoms with Gasteiger partial charge in [0.1, 0.15) is 0 Å². The molecule has 0 aromatic heterocycles. The highest BCUT2D eigenvalue weighted by Crippen LogP contribution is 2.32. The molecule has 0 amide bonds. The molecule has 2 aliphatic heterocycles. The van der Waals surface area contributed by atoms with Gasteiger partial charge in [0.2, 0.25) is 0 Å². The maximum Gasteiger partial charge on any atom is 0.0753 e. The van der Waals surface area contributed by atoms with E-state index in [0.29, 0.717) is 0 Å². The van der Waals surface area contributed by atoms with Gasteiger partial charge in [-0.25, -0.2) is 0 Å². The topological polar surface area (TPSA) is 41.7 Å². The molecule has 4 nitrogen and oxygen atoms in total. The van der Waals surface area contributed by atoms with Crippen molar-refractivity contribution in [1.29, 1.82) is 0 Å². The smallest absolute Gasteiger partial charge is 0.0753 e. The first-order valence-corrected chi connectivity index (χ1v) is 8.18. The molecular formula is C16H33N3O. The molecule has 20 heavy (non-hydrogen) atoms. The van der Waals surface area contributed by atoms with Crippen molar-refractivity contribution in [2.75, 3.05) is 45.9 Å². The molecule has 0 bridgehead atoms. The Hall–Kier alpha value is -0.160. The lowest BCUT2D eigenvalue weighted by atomic mass is 9.84. The molecule has 0 spiro atoms. The van der Waals surface area contributed by atoms with E-state index in [2.05, 4.69) is 37.5 Å². The third-order valence-electron chi connectivity index (χ3n) is 4.89. The van der Waals surface area contributed by atoms with Gasteiger partial charge in [-0.05, 0) is 45.7 Å². The van der Waals surface area contributed by atoms with Crippen LogP contribution in [0, 0.1) is 5.92 Å². The van der Waals surface area contributed by atoms with Crippen molar-refractivity contribution in [3.8, 4) is 0 Å². The van der Waals surface area contributed by atoms with Crippen molar-refractivity contribution in [2.24, 2.45) is 11.7 Å². The molecule has 0 aromatic carbocycles. The number of ether oxygens (including phenoxy) is 1. The van der Waals surface area contributed by atoms with Gasteiger partial charge in [0, 0.05) is 31.7 Å². The third-order valence-corrected chi connectivity index (χ3v) is 4.89. The Balaban J connectivity index is 1.97. The second-order valence-electron chi connectivity index (χ2n) is 7.65. The molecule has 0 aliphatic carbocycles. The maximum absolute atomic E-state index is 6.20. The zero-order valence-corrected chi connectivity index (χ0v) is 13.8. The highest BCUT2D eigenvalue weighted by molar-refractivity contribution is 4.99. The summed E-state index contributed by atoms with van der Waals surface area (Å²) in [5.41, 5.74) is 6.37. The average Bonchev–Trinajstić information content (AvgIpc) is 2.38. The molecule has 2 N–H and O–H groups in total. The van der Waals surface area contributed by atoms with Gasteiger partial charge >= 0.3 is 0 Å². The minimum atomic E-state index is -0.0323. The standard InChI is InChI=1S/C16H33N3O/c1-14(2)11-18-7-5-16(12-17,6-8-18)19-9-10-20-15(3,4)13-19/h14H,5-13,17H2,1-4H3. The Morgan fingerprint density at radius 3 is 2.30 bits per heavy atom. The van der Waals surface area contributed by atoms with E-state index in [0.717, 1.165) is 32.2 Å². The van der Waals surface area contributed by atoms with Crippen LogP contribution in [0.15, 0.2) is 0 Å². The molecule has 4 heteroatoms. The Labute approximate surface area is 124 Å². The number of likely N-dealkylation sites (tertiary alicyclic amines) is 1. The largest absolute Gasteiger partial charge is 0.373 e. The molecule has 0 aromatic rings. The molecular weight excluding hydrogens is 250 g/mol. The minimum Gasteiger partial charge on any atom is -0.373 e. The number of nitrogens with two attached hydrogens (primary N) is 1. The van der Waals surface area contributed by atoms with Gasteiger partial charge in [0.15, 0.2) is 0 Å². The van der Waals surface area contributed by atoms with Gasteiger partial charge in [-0.2, -0.15) is 0 Å². The first-order valence-electron chi connectivity index (χ1n) is 8.18. The molecule has 2 heterocycles. The van der Waals surface area contributed by atoms with E-state index in [1.807, 2.05) is 0 Å². The quantitative estimate of drug-likeness (QED) is 0.850. The third kappa shape index (κ3) is 3.73. The Kier molecular flexibility index (Phi) is 5.11. The maximum atomic E-state index is 6.20. The van der Waals surface area contributed by atoms with Crippen LogP contribution in [0.2, 0.25) is 0 Å². The molecule has 0 saturated carbocycles. The van der Waals surface area contributed by atoms with Gasteiger partial charge in [-0.1, -0.05) is 13.8 Å². The number of rotatable bonds is 4. The lowest BCUT2D eigenvalue weighted by Gasteiger charge is -2.52. The number of morpholine rings is 1. The van der Waals surface area contributed by atoms with E-state index in [1.54, 1.807) is 0 Å². The molecule has 2 rings (SSSR count). The highest BCUT2D eigenvalue weighted by atomic mass is 16.5. The van der Waals surface area contributed by atoms with Crippen LogP contribution < -0.4 is 5.73 Å². The van der Waals surface area contributed by atoms with E-state index >= 15 is 0 Å². The van der Waals surface area contributed by atoms with E-state index in [9.17, 15) is 0 Å². The van der Waals surface area contributed by atoms with Gasteiger partial charge in [0.05, 0.1) is 12.2 Å². The summed E-state index contributed by atoms with van der Waals surface area (Å²) < 4.78 is 5.86. The van der Waals surface area contributed by atoms with Gasteiger partial charge in [-0.15, -0.1) is 0 Å². The van der Waals surface area contributed by atoms with Crippen LogP contribution >= 0.6 is 0 Å². The zero-order chi connectivity index (χ0) is 14.8. The summed E-state index contributed by atoms with van der Waals surface area (Å²) in [5, 5.41) is 0. The fourth-order valence-electron chi connectivity index (χ4n) is 3.74. The van der Waals surface area contributed by atoms with Crippen LogP contribution in [-0.2, 0) is 4.74 Å². The lowest BCUT2D eigenvalue weighted by molar-refractivity contribution is -0.125. The van der Waals surface area contributed by atoms with Crippen LogP contribution in [0.1, 0.15) is 40.5 Å². The fraction of sp³-hybridized carbons (Fsp3) is 1.00. The fourth-order valence-corrected chi connectivity index (χ4v) is 3.74. The molecule has 0 radical (unpaired) electrons. The highest BCUT2D eigenvalue weighted by Gasteiger charge is 2.42. The van der Waals surface area contributed by atoms with Crippen LogP contribution in [0.4, 0.5) is 0 Å². The molecule has 0 unspecified atom stereocenters. The van der Waals surface area contributed by atoms with Gasteiger partial charge < -0.3 is 15.4 Å². The Bertz CT molecular complexity index is 309. The summed E-state index contributed by atoms with van der Waals surface area (Å²) in [4.78, 5) is 5.22. The number of piperidine rings is 1. The summed E-state index contributed by atoms with van der Waals surface area (Å²) in [6.45, 7) is 16.2. The van der Waals surface area contributed by atoms with Crippen molar-refractivity contribution in [1.82, 2.24) is 9.80 Å². The minimum absolute atomic E-state index is 0.0323. The summed E-state index contributed by atoms with van der Waals surface area (Å²) in [7, 11) is 0. The lowest BCUT2D eigenvalue weighted by Crippen LogP contribution is -2.64. The van der Waals surface area contributed by atoms with Gasteiger partial charge in [-0.3, -0.25) is 4.90 Å². The summed E-state index contributed by atoms with van der Waals surface area (Å²) in [5.74, 6) is 0.752. The summed E-state index contributed by atoms with van der Waals surface area (Å²) in [6, 6.07) is 0. The van der Waals surface area contributed by atoms with E-state index in [-0.39, 0.29) is 11.1 Å². The van der Waals surface area contributed by atoms with Crippen LogP contribution in [0.3, 0.4) is 0 Å². The van der Waals surface area contributed by atoms with Crippen LogP contribution in [-0.4, -0.2) is 66.8 Å².